The Morgan fingerprint density at radius 1 is 1.03 bits per heavy atom. The van der Waals surface area contributed by atoms with E-state index >= 15 is 0 Å². The van der Waals surface area contributed by atoms with Crippen molar-refractivity contribution in [3.63, 3.8) is 0 Å². The van der Waals surface area contributed by atoms with Crippen molar-refractivity contribution in [3.05, 3.63) is 66.5 Å². The van der Waals surface area contributed by atoms with Crippen LogP contribution in [0.15, 0.2) is 60.9 Å². The smallest absolute Gasteiger partial charge is 0.161 e. The molecule has 0 aliphatic carbocycles. The maximum absolute atomic E-state index is 6.04. The van der Waals surface area contributed by atoms with Gasteiger partial charge in [-0.05, 0) is 49.6 Å². The summed E-state index contributed by atoms with van der Waals surface area (Å²) in [6.07, 6.45) is 7.76. The van der Waals surface area contributed by atoms with Gasteiger partial charge in [-0.25, -0.2) is 4.98 Å². The molecule has 1 N–H and O–H groups in total. The number of ether oxygens (including phenoxy) is 3. The van der Waals surface area contributed by atoms with Crippen molar-refractivity contribution >= 4 is 5.82 Å². The summed E-state index contributed by atoms with van der Waals surface area (Å²) in [7, 11) is 1.67. The Bertz CT molecular complexity index is 1060. The van der Waals surface area contributed by atoms with Crippen molar-refractivity contribution in [3.8, 4) is 22.8 Å². The van der Waals surface area contributed by atoms with Gasteiger partial charge in [0.05, 0.1) is 51.1 Å². The van der Waals surface area contributed by atoms with Gasteiger partial charge in [-0.15, -0.1) is 0 Å². The maximum Gasteiger partial charge on any atom is 0.161 e. The Morgan fingerprint density at radius 2 is 1.84 bits per heavy atom. The average molecular weight is 507 g/mol. The van der Waals surface area contributed by atoms with Crippen LogP contribution in [-0.4, -0.2) is 61.4 Å². The Balaban J connectivity index is 0.00000380. The molecule has 0 amide bonds. The van der Waals surface area contributed by atoms with Gasteiger partial charge in [-0.2, -0.15) is 0 Å². The molecule has 1 aliphatic heterocycles. The van der Waals surface area contributed by atoms with Gasteiger partial charge in [0, 0.05) is 18.7 Å². The van der Waals surface area contributed by atoms with E-state index in [4.69, 9.17) is 19.2 Å². The molecule has 0 radical (unpaired) electrons. The predicted molar refractivity (Wildman–Crippen MR) is 150 cm³/mol. The fraction of sp³-hybridized carbons (Fsp3) is 0.467. The molecule has 1 aromatic heterocycles. The fourth-order valence-electron chi connectivity index (χ4n) is 4.44. The van der Waals surface area contributed by atoms with Crippen LogP contribution >= 0.6 is 0 Å². The standard InChI is InChI=1S/C29H38N4O3.CH4/c1-3-9-25(23-10-5-4-6-11-23)31-29-22-30-21-26(32-29)24-12-13-27(28(20-24)34-2)36-17-8-7-14-33-15-18-35-19-16-33;/h4-6,10-13,20-22,25H,3,7-9,14-19H2,1-2H3,(H,31,32);1H4. The first-order chi connectivity index (χ1) is 17.8. The first-order valence-corrected chi connectivity index (χ1v) is 13.0. The normalized spacial score (nSPS) is 14.4. The number of aromatic nitrogens is 2. The van der Waals surface area contributed by atoms with Crippen LogP contribution in [0.5, 0.6) is 11.5 Å². The zero-order valence-corrected chi connectivity index (χ0v) is 21.5. The Labute approximate surface area is 222 Å². The minimum atomic E-state index is 0. The van der Waals surface area contributed by atoms with E-state index in [1.54, 1.807) is 19.5 Å². The first kappa shape index (κ1) is 28.4. The molecule has 7 nitrogen and oxygen atoms in total. The molecule has 0 bridgehead atoms. The van der Waals surface area contributed by atoms with Gasteiger partial charge in [0.15, 0.2) is 11.5 Å². The lowest BCUT2D eigenvalue weighted by molar-refractivity contribution is 0.0368. The van der Waals surface area contributed by atoms with Crippen LogP contribution < -0.4 is 14.8 Å². The van der Waals surface area contributed by atoms with E-state index in [9.17, 15) is 0 Å². The molecule has 3 aromatic rings. The Morgan fingerprint density at radius 3 is 2.59 bits per heavy atom. The summed E-state index contributed by atoms with van der Waals surface area (Å²) < 4.78 is 17.1. The third-order valence-corrected chi connectivity index (χ3v) is 6.43. The van der Waals surface area contributed by atoms with Gasteiger partial charge in [-0.1, -0.05) is 51.1 Å². The summed E-state index contributed by atoms with van der Waals surface area (Å²) in [5, 5.41) is 3.57. The second-order valence-corrected chi connectivity index (χ2v) is 9.06. The summed E-state index contributed by atoms with van der Waals surface area (Å²) >= 11 is 0. The van der Waals surface area contributed by atoms with Gasteiger partial charge in [0.2, 0.25) is 0 Å². The molecule has 7 heteroatoms. The number of morpholine rings is 1. The third-order valence-electron chi connectivity index (χ3n) is 6.43. The highest BCUT2D eigenvalue weighted by Gasteiger charge is 2.14. The quantitative estimate of drug-likeness (QED) is 0.276. The molecule has 0 saturated carbocycles. The van der Waals surface area contributed by atoms with Crippen LogP contribution in [0.4, 0.5) is 5.82 Å². The van der Waals surface area contributed by atoms with Crippen LogP contribution in [0.25, 0.3) is 11.3 Å². The van der Waals surface area contributed by atoms with Crippen molar-refractivity contribution in [2.24, 2.45) is 0 Å². The molecule has 2 aromatic carbocycles. The molecule has 1 fully saturated rings. The van der Waals surface area contributed by atoms with E-state index in [0.29, 0.717) is 12.4 Å². The number of nitrogens with zero attached hydrogens (tertiary/aromatic N) is 3. The van der Waals surface area contributed by atoms with Crippen molar-refractivity contribution in [2.45, 2.75) is 46.1 Å². The molecule has 1 atom stereocenters. The lowest BCUT2D eigenvalue weighted by Crippen LogP contribution is -2.36. The van der Waals surface area contributed by atoms with E-state index in [1.165, 1.54) is 5.56 Å². The number of anilines is 1. The average Bonchev–Trinajstić information content (AvgIpc) is 2.94. The van der Waals surface area contributed by atoms with Crippen LogP contribution in [0, 0.1) is 0 Å². The predicted octanol–water partition coefficient (Wildman–Crippen LogP) is 6.23. The van der Waals surface area contributed by atoms with E-state index in [2.05, 4.69) is 46.4 Å². The number of nitrogens with one attached hydrogen (secondary N) is 1. The number of hydrogen-bond donors (Lipinski definition) is 1. The summed E-state index contributed by atoms with van der Waals surface area (Å²) in [5.41, 5.74) is 2.98. The number of unbranched alkanes of at least 4 members (excludes halogenated alkanes) is 1. The molecular weight excluding hydrogens is 464 g/mol. The second-order valence-electron chi connectivity index (χ2n) is 9.06. The highest BCUT2D eigenvalue weighted by Crippen LogP contribution is 2.32. The van der Waals surface area contributed by atoms with Crippen molar-refractivity contribution < 1.29 is 14.2 Å². The molecule has 4 rings (SSSR count). The highest BCUT2D eigenvalue weighted by atomic mass is 16.5. The summed E-state index contributed by atoms with van der Waals surface area (Å²) in [6, 6.07) is 16.6. The van der Waals surface area contributed by atoms with E-state index in [0.717, 1.165) is 81.4 Å². The number of rotatable bonds is 13. The summed E-state index contributed by atoms with van der Waals surface area (Å²) in [5.74, 6) is 2.21. The summed E-state index contributed by atoms with van der Waals surface area (Å²) in [4.78, 5) is 11.7. The maximum atomic E-state index is 6.04. The van der Waals surface area contributed by atoms with Gasteiger partial charge < -0.3 is 19.5 Å². The lowest BCUT2D eigenvalue weighted by atomic mass is 10.0. The van der Waals surface area contributed by atoms with Crippen molar-refractivity contribution in [1.82, 2.24) is 14.9 Å². The van der Waals surface area contributed by atoms with E-state index < -0.39 is 0 Å². The Hall–Kier alpha value is -3.16. The number of benzene rings is 2. The highest BCUT2D eigenvalue weighted by molar-refractivity contribution is 5.64. The van der Waals surface area contributed by atoms with Gasteiger partial charge in [-0.3, -0.25) is 9.88 Å². The minimum Gasteiger partial charge on any atom is -0.493 e. The molecule has 1 aliphatic rings. The Kier molecular flexibility index (Phi) is 11.7. The second kappa shape index (κ2) is 15.2. The molecule has 1 saturated heterocycles. The SMILES string of the molecule is C.CCCC(Nc1cncc(-c2ccc(OCCCCN3CCOCC3)c(OC)c2)n1)c1ccccc1. The molecule has 0 spiro atoms. The molecule has 200 valence electrons. The molecule has 37 heavy (non-hydrogen) atoms. The first-order valence-electron chi connectivity index (χ1n) is 13.0. The van der Waals surface area contributed by atoms with Gasteiger partial charge >= 0.3 is 0 Å². The van der Waals surface area contributed by atoms with Crippen molar-refractivity contribution in [2.75, 3.05) is 51.9 Å². The van der Waals surface area contributed by atoms with Gasteiger partial charge in [0.25, 0.3) is 0 Å². The number of methoxy groups -OCH3 is 1. The van der Waals surface area contributed by atoms with Crippen LogP contribution in [0.2, 0.25) is 0 Å². The topological polar surface area (TPSA) is 68.7 Å². The van der Waals surface area contributed by atoms with E-state index in [-0.39, 0.29) is 13.5 Å². The van der Waals surface area contributed by atoms with Crippen LogP contribution in [0.1, 0.15) is 51.6 Å². The zero-order valence-electron chi connectivity index (χ0n) is 21.5. The monoisotopic (exact) mass is 506 g/mol. The lowest BCUT2D eigenvalue weighted by Gasteiger charge is -2.26. The van der Waals surface area contributed by atoms with Crippen molar-refractivity contribution in [1.29, 1.82) is 0 Å². The number of hydrogen-bond acceptors (Lipinski definition) is 7. The molecular formula is C30H42N4O3. The fourth-order valence-corrected chi connectivity index (χ4v) is 4.44. The molecule has 1 unspecified atom stereocenters. The largest absolute Gasteiger partial charge is 0.493 e. The molecule has 2 heterocycles. The zero-order chi connectivity index (χ0) is 25.0. The van der Waals surface area contributed by atoms with Gasteiger partial charge in [0.1, 0.15) is 5.82 Å². The van der Waals surface area contributed by atoms with Crippen LogP contribution in [-0.2, 0) is 4.74 Å². The van der Waals surface area contributed by atoms with Crippen LogP contribution in [0.3, 0.4) is 0 Å². The minimum absolute atomic E-state index is 0. The van der Waals surface area contributed by atoms with E-state index in [1.807, 2.05) is 24.3 Å². The third kappa shape index (κ3) is 8.44. The summed E-state index contributed by atoms with van der Waals surface area (Å²) in [6.45, 7) is 7.70.